The summed E-state index contributed by atoms with van der Waals surface area (Å²) in [6.45, 7) is 8.49. The van der Waals surface area contributed by atoms with Gasteiger partial charge in [-0.15, -0.1) is 0 Å². The normalized spacial score (nSPS) is 16.1. The molecule has 0 radical (unpaired) electrons. The van der Waals surface area contributed by atoms with Crippen molar-refractivity contribution >= 4 is 11.9 Å². The molecule has 0 amide bonds. The zero-order valence-corrected chi connectivity index (χ0v) is 15.2. The summed E-state index contributed by atoms with van der Waals surface area (Å²) < 4.78 is 10.3. The Morgan fingerprint density at radius 3 is 2.25 bits per heavy atom. The van der Waals surface area contributed by atoms with Gasteiger partial charge >= 0.3 is 11.9 Å². The van der Waals surface area contributed by atoms with E-state index in [0.717, 1.165) is 0 Å². The molecule has 0 bridgehead atoms. The van der Waals surface area contributed by atoms with E-state index >= 15 is 0 Å². The standard InChI is InChI=1S/C18H30O6/c1-13(20)7-6-8-16(21)23-14(2)11-15(12-19)9-10-17(22)24-18(3,4)5/h6,8-10,13-15,19-20H,7,11-12H2,1-5H3/b8-6+,10-9+/t13-,14-,15-/m1/s1. The maximum absolute atomic E-state index is 11.6. The van der Waals surface area contributed by atoms with E-state index in [0.29, 0.717) is 12.8 Å². The Bertz CT molecular complexity index is 445. The van der Waals surface area contributed by atoms with E-state index in [1.165, 1.54) is 12.2 Å². The van der Waals surface area contributed by atoms with Gasteiger partial charge in [0, 0.05) is 24.7 Å². The van der Waals surface area contributed by atoms with Crippen LogP contribution in [0.1, 0.15) is 47.5 Å². The number of ether oxygens (including phenoxy) is 2. The number of aliphatic hydroxyl groups is 2. The fraction of sp³-hybridized carbons (Fsp3) is 0.667. The lowest BCUT2D eigenvalue weighted by Crippen LogP contribution is -2.23. The summed E-state index contributed by atoms with van der Waals surface area (Å²) in [4.78, 5) is 23.2. The second kappa shape index (κ2) is 11.0. The molecule has 138 valence electrons. The van der Waals surface area contributed by atoms with Gasteiger partial charge in [-0.1, -0.05) is 12.2 Å². The van der Waals surface area contributed by atoms with Gasteiger partial charge in [-0.3, -0.25) is 0 Å². The van der Waals surface area contributed by atoms with E-state index in [-0.39, 0.29) is 12.5 Å². The maximum atomic E-state index is 11.6. The molecule has 0 spiro atoms. The van der Waals surface area contributed by atoms with Crippen molar-refractivity contribution in [3.05, 3.63) is 24.3 Å². The number of hydrogen-bond donors (Lipinski definition) is 2. The Morgan fingerprint density at radius 2 is 1.75 bits per heavy atom. The molecule has 0 aliphatic rings. The molecule has 0 saturated heterocycles. The summed E-state index contributed by atoms with van der Waals surface area (Å²) in [6, 6.07) is 0. The van der Waals surface area contributed by atoms with E-state index in [4.69, 9.17) is 14.6 Å². The molecule has 6 heteroatoms. The first-order chi connectivity index (χ1) is 11.0. The molecule has 3 atom stereocenters. The van der Waals surface area contributed by atoms with Crippen LogP contribution in [0.15, 0.2) is 24.3 Å². The minimum Gasteiger partial charge on any atom is -0.459 e. The van der Waals surface area contributed by atoms with Crippen LogP contribution in [-0.2, 0) is 19.1 Å². The highest BCUT2D eigenvalue weighted by Crippen LogP contribution is 2.13. The minimum atomic E-state index is -0.572. The highest BCUT2D eigenvalue weighted by molar-refractivity contribution is 5.82. The van der Waals surface area contributed by atoms with Crippen LogP contribution in [0.4, 0.5) is 0 Å². The quantitative estimate of drug-likeness (QED) is 0.492. The van der Waals surface area contributed by atoms with Crippen LogP contribution in [0.5, 0.6) is 0 Å². The van der Waals surface area contributed by atoms with Crippen LogP contribution in [0.25, 0.3) is 0 Å². The molecule has 0 aromatic rings. The van der Waals surface area contributed by atoms with Crippen molar-refractivity contribution < 1.29 is 29.3 Å². The Kier molecular flexibility index (Phi) is 10.2. The van der Waals surface area contributed by atoms with Crippen molar-refractivity contribution in [2.75, 3.05) is 6.61 Å². The highest BCUT2D eigenvalue weighted by atomic mass is 16.6. The Balaban J connectivity index is 4.38. The molecule has 0 aromatic carbocycles. The van der Waals surface area contributed by atoms with Crippen molar-refractivity contribution in [1.82, 2.24) is 0 Å². The zero-order valence-electron chi connectivity index (χ0n) is 15.2. The summed E-state index contributed by atoms with van der Waals surface area (Å²) in [6.07, 6.45) is 5.48. The molecule has 0 aliphatic heterocycles. The average molecular weight is 342 g/mol. The predicted molar refractivity (Wildman–Crippen MR) is 91.2 cm³/mol. The number of carbonyl (C=O) groups is 2. The van der Waals surface area contributed by atoms with Gasteiger partial charge in [0.05, 0.1) is 12.2 Å². The predicted octanol–water partition coefficient (Wildman–Crippen LogP) is 2.14. The second-order valence-corrected chi connectivity index (χ2v) is 6.81. The molecule has 0 aliphatic carbocycles. The number of rotatable bonds is 9. The fourth-order valence-electron chi connectivity index (χ4n) is 1.84. The monoisotopic (exact) mass is 342 g/mol. The third-order valence-corrected chi connectivity index (χ3v) is 2.83. The smallest absolute Gasteiger partial charge is 0.330 e. The molecule has 0 rings (SSSR count). The third kappa shape index (κ3) is 12.8. The van der Waals surface area contributed by atoms with Gasteiger partial charge < -0.3 is 19.7 Å². The molecule has 0 aromatic heterocycles. The van der Waals surface area contributed by atoms with Crippen molar-refractivity contribution in [1.29, 1.82) is 0 Å². The first-order valence-corrected chi connectivity index (χ1v) is 8.10. The van der Waals surface area contributed by atoms with Crippen molar-refractivity contribution in [2.45, 2.75) is 65.3 Å². The largest absolute Gasteiger partial charge is 0.459 e. The van der Waals surface area contributed by atoms with E-state index in [1.54, 1.807) is 46.8 Å². The van der Waals surface area contributed by atoms with Gasteiger partial charge in [0.15, 0.2) is 0 Å². The molecule has 0 saturated carbocycles. The van der Waals surface area contributed by atoms with Crippen molar-refractivity contribution in [3.8, 4) is 0 Å². The Hall–Kier alpha value is -1.66. The van der Waals surface area contributed by atoms with Crippen LogP contribution in [-0.4, -0.2) is 46.6 Å². The lowest BCUT2D eigenvalue weighted by atomic mass is 10.0. The van der Waals surface area contributed by atoms with Gasteiger partial charge in [0.1, 0.15) is 5.60 Å². The first kappa shape index (κ1) is 22.3. The van der Waals surface area contributed by atoms with Gasteiger partial charge in [-0.2, -0.15) is 0 Å². The summed E-state index contributed by atoms with van der Waals surface area (Å²) in [5.74, 6) is -1.30. The van der Waals surface area contributed by atoms with E-state index in [2.05, 4.69) is 0 Å². The molecule has 0 fully saturated rings. The molecule has 6 nitrogen and oxygen atoms in total. The molecule has 2 N–H and O–H groups in total. The van der Waals surface area contributed by atoms with E-state index in [9.17, 15) is 14.7 Å². The van der Waals surface area contributed by atoms with Crippen LogP contribution >= 0.6 is 0 Å². The second-order valence-electron chi connectivity index (χ2n) is 6.81. The van der Waals surface area contributed by atoms with Gasteiger partial charge in [-0.25, -0.2) is 9.59 Å². The number of esters is 2. The molecule has 0 heterocycles. The van der Waals surface area contributed by atoms with Crippen LogP contribution in [0.3, 0.4) is 0 Å². The van der Waals surface area contributed by atoms with Crippen LogP contribution in [0.2, 0.25) is 0 Å². The molecule has 24 heavy (non-hydrogen) atoms. The fourth-order valence-corrected chi connectivity index (χ4v) is 1.84. The van der Waals surface area contributed by atoms with Crippen LogP contribution in [0, 0.1) is 5.92 Å². The topological polar surface area (TPSA) is 93.1 Å². The Labute approximate surface area is 144 Å². The molecule has 0 unspecified atom stereocenters. The minimum absolute atomic E-state index is 0.168. The summed E-state index contributed by atoms with van der Waals surface area (Å²) in [5.41, 5.74) is -0.572. The zero-order chi connectivity index (χ0) is 18.8. The number of carbonyl (C=O) groups excluding carboxylic acids is 2. The van der Waals surface area contributed by atoms with Crippen molar-refractivity contribution in [2.24, 2.45) is 5.92 Å². The lowest BCUT2D eigenvalue weighted by Gasteiger charge is -2.19. The summed E-state index contributed by atoms with van der Waals surface area (Å²) in [7, 11) is 0. The number of hydrogen-bond acceptors (Lipinski definition) is 6. The van der Waals surface area contributed by atoms with E-state index in [1.807, 2.05) is 0 Å². The SMILES string of the molecule is C[C@H](C[C@@H](/C=C/C(=O)OC(C)(C)C)CO)OC(=O)/C=C/C[C@@H](C)O. The highest BCUT2D eigenvalue weighted by Gasteiger charge is 2.16. The molecular formula is C18H30O6. The number of aliphatic hydroxyl groups excluding tert-OH is 2. The van der Waals surface area contributed by atoms with Gasteiger partial charge in [0.25, 0.3) is 0 Å². The lowest BCUT2D eigenvalue weighted by molar-refractivity contribution is -0.148. The summed E-state index contributed by atoms with van der Waals surface area (Å²) >= 11 is 0. The first-order valence-electron chi connectivity index (χ1n) is 8.10. The van der Waals surface area contributed by atoms with Crippen molar-refractivity contribution in [3.63, 3.8) is 0 Å². The average Bonchev–Trinajstić information content (AvgIpc) is 2.40. The van der Waals surface area contributed by atoms with E-state index < -0.39 is 29.7 Å². The maximum Gasteiger partial charge on any atom is 0.330 e. The van der Waals surface area contributed by atoms with Gasteiger partial charge in [0.2, 0.25) is 0 Å². The Morgan fingerprint density at radius 1 is 1.12 bits per heavy atom. The van der Waals surface area contributed by atoms with Gasteiger partial charge in [-0.05, 0) is 47.5 Å². The summed E-state index contributed by atoms with van der Waals surface area (Å²) in [5, 5.41) is 18.5. The third-order valence-electron chi connectivity index (χ3n) is 2.83. The molecular weight excluding hydrogens is 312 g/mol. The van der Waals surface area contributed by atoms with Crippen LogP contribution < -0.4 is 0 Å².